The van der Waals surface area contributed by atoms with Gasteiger partial charge in [0.2, 0.25) is 0 Å². The van der Waals surface area contributed by atoms with Crippen LogP contribution in [0.5, 0.6) is 0 Å². The lowest BCUT2D eigenvalue weighted by molar-refractivity contribution is 0.0515. The van der Waals surface area contributed by atoms with E-state index in [4.69, 9.17) is 0 Å². The van der Waals surface area contributed by atoms with E-state index >= 15 is 0 Å². The van der Waals surface area contributed by atoms with Crippen molar-refractivity contribution in [1.82, 2.24) is 9.80 Å². The van der Waals surface area contributed by atoms with Crippen LogP contribution in [0.3, 0.4) is 0 Å². The predicted molar refractivity (Wildman–Crippen MR) is 85.3 cm³/mol. The molecule has 2 saturated heterocycles. The number of nitrogens with one attached hydrogen (secondary N) is 1. The molecule has 110 valence electrons. The second-order valence-electron chi connectivity index (χ2n) is 6.28. The summed E-state index contributed by atoms with van der Waals surface area (Å²) in [7, 11) is 0. The number of fused-ring (bicyclic) bond motifs is 1. The third-order valence-electron chi connectivity index (χ3n) is 4.70. The molecule has 0 bridgehead atoms. The van der Waals surface area contributed by atoms with Gasteiger partial charge in [-0.1, -0.05) is 18.6 Å². The fraction of sp³-hybridized carbons (Fsp3) is 0.647. The zero-order valence-electron chi connectivity index (χ0n) is 12.6. The van der Waals surface area contributed by atoms with Gasteiger partial charge in [-0.2, -0.15) is 0 Å². The Labute approximate surface area is 123 Å². The fourth-order valence-electron chi connectivity index (χ4n) is 3.54. The van der Waals surface area contributed by atoms with Crippen LogP contribution in [-0.4, -0.2) is 55.1 Å². The summed E-state index contributed by atoms with van der Waals surface area (Å²) in [5.41, 5.74) is 2.58. The van der Waals surface area contributed by atoms with Crippen LogP contribution in [-0.2, 0) is 0 Å². The van der Waals surface area contributed by atoms with E-state index in [1.54, 1.807) is 0 Å². The van der Waals surface area contributed by atoms with E-state index in [0.29, 0.717) is 0 Å². The van der Waals surface area contributed by atoms with Gasteiger partial charge in [0.1, 0.15) is 0 Å². The number of hydrogen-bond acceptors (Lipinski definition) is 3. The van der Waals surface area contributed by atoms with Gasteiger partial charge in [0.05, 0.1) is 0 Å². The molecule has 1 unspecified atom stereocenters. The SMILES string of the molecule is Cc1cccc(NCCN2CCN3CCCCC3C2)c1. The molecule has 0 spiro atoms. The van der Waals surface area contributed by atoms with Crippen LogP contribution in [0.1, 0.15) is 24.8 Å². The largest absolute Gasteiger partial charge is 0.384 e. The zero-order chi connectivity index (χ0) is 13.8. The van der Waals surface area contributed by atoms with Gasteiger partial charge in [-0.25, -0.2) is 0 Å². The molecule has 1 N–H and O–H groups in total. The Bertz CT molecular complexity index is 432. The quantitative estimate of drug-likeness (QED) is 0.909. The van der Waals surface area contributed by atoms with Crippen molar-refractivity contribution in [3.05, 3.63) is 29.8 Å². The van der Waals surface area contributed by atoms with E-state index in [0.717, 1.165) is 19.1 Å². The molecule has 0 aliphatic carbocycles. The first-order valence-electron chi connectivity index (χ1n) is 8.08. The van der Waals surface area contributed by atoms with Crippen molar-refractivity contribution < 1.29 is 0 Å². The molecular weight excluding hydrogens is 246 g/mol. The Morgan fingerprint density at radius 2 is 2.15 bits per heavy atom. The van der Waals surface area contributed by atoms with Crippen molar-refractivity contribution in [2.75, 3.05) is 44.6 Å². The molecule has 3 heteroatoms. The topological polar surface area (TPSA) is 18.5 Å². The minimum Gasteiger partial charge on any atom is -0.384 e. The third kappa shape index (κ3) is 3.53. The molecule has 2 aliphatic rings. The van der Waals surface area contributed by atoms with E-state index in [9.17, 15) is 0 Å². The maximum absolute atomic E-state index is 3.55. The van der Waals surface area contributed by atoms with Crippen LogP contribution < -0.4 is 5.32 Å². The van der Waals surface area contributed by atoms with Crippen molar-refractivity contribution in [1.29, 1.82) is 0 Å². The van der Waals surface area contributed by atoms with E-state index in [1.165, 1.54) is 56.7 Å². The molecule has 0 saturated carbocycles. The van der Waals surface area contributed by atoms with Crippen LogP contribution >= 0.6 is 0 Å². The molecule has 1 aromatic rings. The summed E-state index contributed by atoms with van der Waals surface area (Å²) in [6.45, 7) is 9.48. The van der Waals surface area contributed by atoms with Crippen LogP contribution in [0, 0.1) is 6.92 Å². The van der Waals surface area contributed by atoms with E-state index in [1.807, 2.05) is 0 Å². The highest BCUT2D eigenvalue weighted by Crippen LogP contribution is 2.20. The van der Waals surface area contributed by atoms with Gasteiger partial charge in [-0.15, -0.1) is 0 Å². The molecule has 1 atom stereocenters. The Hall–Kier alpha value is -1.06. The molecular formula is C17H27N3. The Kier molecular flexibility index (Phi) is 4.58. The summed E-state index contributed by atoms with van der Waals surface area (Å²) < 4.78 is 0. The second-order valence-corrected chi connectivity index (χ2v) is 6.28. The summed E-state index contributed by atoms with van der Waals surface area (Å²) in [6.07, 6.45) is 4.24. The normalized spacial score (nSPS) is 24.4. The molecule has 3 rings (SSSR count). The molecule has 2 heterocycles. The van der Waals surface area contributed by atoms with Gasteiger partial charge in [0, 0.05) is 44.5 Å². The first-order chi connectivity index (χ1) is 9.81. The van der Waals surface area contributed by atoms with Crippen molar-refractivity contribution in [3.63, 3.8) is 0 Å². The van der Waals surface area contributed by atoms with E-state index in [2.05, 4.69) is 46.3 Å². The highest BCUT2D eigenvalue weighted by atomic mass is 15.3. The molecule has 2 aliphatic heterocycles. The van der Waals surface area contributed by atoms with Gasteiger partial charge in [0.25, 0.3) is 0 Å². The highest BCUT2D eigenvalue weighted by molar-refractivity contribution is 5.45. The van der Waals surface area contributed by atoms with Crippen molar-refractivity contribution in [2.45, 2.75) is 32.2 Å². The number of benzene rings is 1. The average Bonchev–Trinajstić information content (AvgIpc) is 2.47. The smallest absolute Gasteiger partial charge is 0.0343 e. The Morgan fingerprint density at radius 3 is 3.05 bits per heavy atom. The van der Waals surface area contributed by atoms with Crippen LogP contribution in [0.4, 0.5) is 5.69 Å². The number of piperazine rings is 1. The first kappa shape index (κ1) is 13.9. The standard InChI is InChI=1S/C17H27N3/c1-15-5-4-6-16(13-15)18-8-10-19-11-12-20-9-3-2-7-17(20)14-19/h4-6,13,17-18H,2-3,7-12,14H2,1H3. The third-order valence-corrected chi connectivity index (χ3v) is 4.70. The van der Waals surface area contributed by atoms with Gasteiger partial charge in [-0.05, 0) is 44.0 Å². The number of rotatable bonds is 4. The summed E-state index contributed by atoms with van der Waals surface area (Å²) in [5.74, 6) is 0. The molecule has 3 nitrogen and oxygen atoms in total. The van der Waals surface area contributed by atoms with Gasteiger partial charge in [0.15, 0.2) is 0 Å². The predicted octanol–water partition coefficient (Wildman–Crippen LogP) is 2.58. The fourth-order valence-corrected chi connectivity index (χ4v) is 3.54. The molecule has 20 heavy (non-hydrogen) atoms. The van der Waals surface area contributed by atoms with Crippen molar-refractivity contribution in [3.8, 4) is 0 Å². The minimum absolute atomic E-state index is 0.830. The van der Waals surface area contributed by atoms with E-state index < -0.39 is 0 Å². The number of piperidine rings is 1. The highest BCUT2D eigenvalue weighted by Gasteiger charge is 2.28. The maximum Gasteiger partial charge on any atom is 0.0343 e. The van der Waals surface area contributed by atoms with Crippen molar-refractivity contribution in [2.24, 2.45) is 0 Å². The summed E-state index contributed by atoms with van der Waals surface area (Å²) in [4.78, 5) is 5.34. The molecule has 0 radical (unpaired) electrons. The van der Waals surface area contributed by atoms with Gasteiger partial charge < -0.3 is 5.32 Å². The second kappa shape index (κ2) is 6.59. The zero-order valence-corrected chi connectivity index (χ0v) is 12.6. The number of aryl methyl sites for hydroxylation is 1. The Morgan fingerprint density at radius 1 is 1.20 bits per heavy atom. The molecule has 0 aromatic heterocycles. The van der Waals surface area contributed by atoms with Gasteiger partial charge in [-0.3, -0.25) is 9.80 Å². The molecule has 2 fully saturated rings. The number of nitrogens with zero attached hydrogens (tertiary/aromatic N) is 2. The first-order valence-corrected chi connectivity index (χ1v) is 8.08. The maximum atomic E-state index is 3.55. The average molecular weight is 273 g/mol. The lowest BCUT2D eigenvalue weighted by Crippen LogP contribution is -2.55. The minimum atomic E-state index is 0.830. The number of hydrogen-bond donors (Lipinski definition) is 1. The monoisotopic (exact) mass is 273 g/mol. The van der Waals surface area contributed by atoms with Crippen LogP contribution in [0.15, 0.2) is 24.3 Å². The lowest BCUT2D eigenvalue weighted by Gasteiger charge is -2.44. The summed E-state index contributed by atoms with van der Waals surface area (Å²) >= 11 is 0. The molecule has 1 aromatic carbocycles. The lowest BCUT2D eigenvalue weighted by atomic mass is 9.99. The van der Waals surface area contributed by atoms with Gasteiger partial charge >= 0.3 is 0 Å². The Balaban J connectivity index is 1.42. The van der Waals surface area contributed by atoms with Crippen LogP contribution in [0.2, 0.25) is 0 Å². The van der Waals surface area contributed by atoms with Crippen LogP contribution in [0.25, 0.3) is 0 Å². The van der Waals surface area contributed by atoms with E-state index in [-0.39, 0.29) is 0 Å². The summed E-state index contributed by atoms with van der Waals surface area (Å²) in [5, 5.41) is 3.55. The van der Waals surface area contributed by atoms with Crippen molar-refractivity contribution >= 4 is 5.69 Å². The molecule has 0 amide bonds. The summed E-state index contributed by atoms with van der Waals surface area (Å²) in [6, 6.07) is 9.48. The number of anilines is 1.